The Morgan fingerprint density at radius 2 is 1.60 bits per heavy atom. The normalized spacial score (nSPS) is 22.0. The largest absolute Gasteiger partial charge is 0.459 e. The third-order valence-electron chi connectivity index (χ3n) is 13.6. The molecule has 2 aliphatic carbocycles. The molecule has 0 spiro atoms. The van der Waals surface area contributed by atoms with Gasteiger partial charge in [-0.3, -0.25) is 4.90 Å². The highest BCUT2D eigenvalue weighted by atomic mass is 16.7. The molecule has 6 atom stereocenters. The number of hydrogen-bond acceptors (Lipinski definition) is 11. The number of aliphatic hydroxyl groups excluding tert-OH is 2. The van der Waals surface area contributed by atoms with Crippen LogP contribution in [0.25, 0.3) is 0 Å². The van der Waals surface area contributed by atoms with Crippen molar-refractivity contribution in [3.05, 3.63) is 84.0 Å². The quantitative estimate of drug-likeness (QED) is 0.0357. The van der Waals surface area contributed by atoms with Crippen LogP contribution in [0.1, 0.15) is 153 Å². The number of rotatable bonds is 33. The van der Waals surface area contributed by atoms with E-state index in [0.717, 1.165) is 61.6 Å². The molecule has 68 heavy (non-hydrogen) atoms. The number of unbranched alkanes of at least 4 members (excludes halogenated alkanes) is 11. The standard InChI is InChI=1S/C55H83N3O10/c1-5-9-10-11-12-13-14-15-16-22-31-56-53(61)67-44-29-30-49-47(39-44)51-45(28-21-24-34-60)43(27-20-23-33-59)38-46-48(57-66-8-4)40-50(55(68-49,52(46)51)65-35-7-3)58(32-6-2)54(62)64-37-36-63-41-42-25-18-17-19-26-42/h7,17-19,25-26,29-30,38-39,43,45,50-52,59-60H,3,5-6,8-16,20-24,27-28,31-37,40-41H2,1-2,4H3,(H,56,61)/t43-,45+,50-,51+,52+,55+/m0/s1. The summed E-state index contributed by atoms with van der Waals surface area (Å²) in [5.74, 6) is -1.14. The van der Waals surface area contributed by atoms with Crippen molar-refractivity contribution in [1.82, 2.24) is 10.2 Å². The van der Waals surface area contributed by atoms with Crippen LogP contribution in [0.5, 0.6) is 11.5 Å². The fourth-order valence-corrected chi connectivity index (χ4v) is 10.5. The predicted molar refractivity (Wildman–Crippen MR) is 267 cm³/mol. The molecular formula is C55H83N3O10. The minimum Gasteiger partial charge on any atom is -0.459 e. The summed E-state index contributed by atoms with van der Waals surface area (Å²) in [4.78, 5) is 35.4. The molecule has 0 radical (unpaired) electrons. The lowest BCUT2D eigenvalue weighted by molar-refractivity contribution is -0.255. The van der Waals surface area contributed by atoms with Crippen molar-refractivity contribution in [2.24, 2.45) is 22.9 Å². The van der Waals surface area contributed by atoms with E-state index in [1.165, 1.54) is 44.9 Å². The van der Waals surface area contributed by atoms with E-state index in [9.17, 15) is 19.8 Å². The fourth-order valence-electron chi connectivity index (χ4n) is 10.5. The minimum atomic E-state index is -1.43. The van der Waals surface area contributed by atoms with Gasteiger partial charge in [0.15, 0.2) is 0 Å². The van der Waals surface area contributed by atoms with Crippen molar-refractivity contribution >= 4 is 17.9 Å². The summed E-state index contributed by atoms with van der Waals surface area (Å²) in [6, 6.07) is 14.7. The number of nitrogens with zero attached hydrogens (tertiary/aromatic N) is 2. The molecule has 3 aliphatic rings. The van der Waals surface area contributed by atoms with Gasteiger partial charge in [0.25, 0.3) is 0 Å². The summed E-state index contributed by atoms with van der Waals surface area (Å²) in [5.41, 5.74) is 3.54. The first-order valence-corrected chi connectivity index (χ1v) is 26.1. The van der Waals surface area contributed by atoms with Crippen LogP contribution in [0.2, 0.25) is 0 Å². The average molecular weight is 946 g/mol. The maximum atomic E-state index is 14.5. The molecule has 1 aliphatic heterocycles. The highest BCUT2D eigenvalue weighted by molar-refractivity contribution is 6.03. The Kier molecular flexibility index (Phi) is 24.2. The lowest BCUT2D eigenvalue weighted by atomic mass is 9.55. The van der Waals surface area contributed by atoms with Crippen molar-refractivity contribution in [2.75, 3.05) is 52.7 Å². The number of oxime groups is 1. The Hall–Kier alpha value is -4.43. The van der Waals surface area contributed by atoms with Crippen molar-refractivity contribution in [3.63, 3.8) is 0 Å². The molecule has 378 valence electrons. The number of hydrogen-bond donors (Lipinski definition) is 3. The van der Waals surface area contributed by atoms with Crippen LogP contribution < -0.4 is 14.8 Å². The summed E-state index contributed by atoms with van der Waals surface area (Å²) in [5, 5.41) is 27.6. The van der Waals surface area contributed by atoms with Crippen molar-refractivity contribution < 1.29 is 48.3 Å². The van der Waals surface area contributed by atoms with Gasteiger partial charge in [0.1, 0.15) is 30.8 Å². The monoisotopic (exact) mass is 946 g/mol. The van der Waals surface area contributed by atoms with E-state index in [1.807, 2.05) is 56.3 Å². The van der Waals surface area contributed by atoms with Crippen molar-refractivity contribution in [1.29, 1.82) is 0 Å². The number of allylic oxidation sites excluding steroid dienone is 1. The zero-order chi connectivity index (χ0) is 48.4. The lowest BCUT2D eigenvalue weighted by Crippen LogP contribution is -2.70. The Morgan fingerprint density at radius 3 is 2.29 bits per heavy atom. The van der Waals surface area contributed by atoms with Gasteiger partial charge in [0.05, 0.1) is 31.5 Å². The molecular weight excluding hydrogens is 863 g/mol. The molecule has 2 amide bonds. The molecule has 0 unspecified atom stereocenters. The number of amides is 2. The minimum absolute atomic E-state index is 0.0178. The van der Waals surface area contributed by atoms with Crippen molar-refractivity contribution in [2.45, 2.75) is 161 Å². The zero-order valence-electron chi connectivity index (χ0n) is 41.5. The number of benzene rings is 2. The van der Waals surface area contributed by atoms with Crippen LogP contribution in [0.4, 0.5) is 9.59 Å². The van der Waals surface area contributed by atoms with E-state index in [4.69, 9.17) is 33.7 Å². The van der Waals surface area contributed by atoms with Gasteiger partial charge >= 0.3 is 12.2 Å². The fraction of sp³-hybridized carbons (Fsp3) is 0.655. The number of ether oxygens (including phenoxy) is 5. The maximum Gasteiger partial charge on any atom is 0.412 e. The number of nitrogens with one attached hydrogen (secondary N) is 1. The van der Waals surface area contributed by atoms with Gasteiger partial charge in [0.2, 0.25) is 5.79 Å². The molecule has 1 heterocycles. The third kappa shape index (κ3) is 15.5. The lowest BCUT2D eigenvalue weighted by Gasteiger charge is -2.59. The predicted octanol–water partition coefficient (Wildman–Crippen LogP) is 11.4. The van der Waals surface area contributed by atoms with E-state index in [2.05, 4.69) is 24.9 Å². The highest BCUT2D eigenvalue weighted by Crippen LogP contribution is 2.62. The van der Waals surface area contributed by atoms with E-state index in [0.29, 0.717) is 62.8 Å². The number of carbonyl (C=O) groups is 2. The molecule has 1 fully saturated rings. The second-order valence-electron chi connectivity index (χ2n) is 18.5. The number of carbonyl (C=O) groups excluding carboxylic acids is 2. The average Bonchev–Trinajstić information content (AvgIpc) is 3.35. The summed E-state index contributed by atoms with van der Waals surface area (Å²) in [6.45, 7) is 12.4. The number of aliphatic hydroxyl groups is 2. The smallest absolute Gasteiger partial charge is 0.412 e. The molecule has 2 aromatic rings. The summed E-state index contributed by atoms with van der Waals surface area (Å²) < 4.78 is 32.2. The van der Waals surface area contributed by atoms with Gasteiger partial charge < -0.3 is 44.1 Å². The molecule has 5 rings (SSSR count). The van der Waals surface area contributed by atoms with Crippen LogP contribution in [-0.2, 0) is 25.7 Å². The Balaban J connectivity index is 1.48. The Bertz CT molecular complexity index is 1860. The summed E-state index contributed by atoms with van der Waals surface area (Å²) >= 11 is 0. The second-order valence-corrected chi connectivity index (χ2v) is 18.5. The zero-order valence-corrected chi connectivity index (χ0v) is 41.5. The molecule has 2 aromatic carbocycles. The van der Waals surface area contributed by atoms with E-state index in [1.54, 1.807) is 17.0 Å². The van der Waals surface area contributed by atoms with E-state index < -0.39 is 29.9 Å². The second kappa shape index (κ2) is 30.2. The van der Waals surface area contributed by atoms with Gasteiger partial charge in [-0.05, 0) is 86.6 Å². The molecule has 1 saturated carbocycles. The Labute approximate surface area is 407 Å². The summed E-state index contributed by atoms with van der Waals surface area (Å²) in [6.07, 6.45) is 20.5. The molecule has 0 saturated heterocycles. The van der Waals surface area contributed by atoms with Crippen LogP contribution in [0, 0.1) is 17.8 Å². The van der Waals surface area contributed by atoms with Gasteiger partial charge in [-0.1, -0.05) is 132 Å². The molecule has 0 bridgehead atoms. The van der Waals surface area contributed by atoms with Gasteiger partial charge in [-0.15, -0.1) is 6.58 Å². The van der Waals surface area contributed by atoms with E-state index in [-0.39, 0.29) is 57.2 Å². The number of fused-ring (bicyclic) bond motifs is 2. The van der Waals surface area contributed by atoms with Crippen LogP contribution >= 0.6 is 0 Å². The highest BCUT2D eigenvalue weighted by Gasteiger charge is 2.65. The van der Waals surface area contributed by atoms with Crippen LogP contribution in [0.3, 0.4) is 0 Å². The maximum absolute atomic E-state index is 14.5. The molecule has 13 nitrogen and oxygen atoms in total. The van der Waals surface area contributed by atoms with Crippen LogP contribution in [-0.4, -0.2) is 97.6 Å². The molecule has 3 N–H and O–H groups in total. The third-order valence-corrected chi connectivity index (χ3v) is 13.6. The van der Waals surface area contributed by atoms with E-state index >= 15 is 0 Å². The molecule has 13 heteroatoms. The molecule has 0 aromatic heterocycles. The summed E-state index contributed by atoms with van der Waals surface area (Å²) in [7, 11) is 0. The Morgan fingerprint density at radius 1 is 0.882 bits per heavy atom. The van der Waals surface area contributed by atoms with Crippen molar-refractivity contribution in [3.8, 4) is 11.5 Å². The first-order chi connectivity index (χ1) is 33.3. The first-order valence-electron chi connectivity index (χ1n) is 26.1. The first kappa shape index (κ1) is 54.5. The van der Waals surface area contributed by atoms with Gasteiger partial charge in [-0.2, -0.15) is 0 Å². The SMILES string of the molecule is C=CCO[C@@]12Oc3ccc(OC(=O)NCCCCCCCCCCCC)cc3[C@H]3[C@H](CCCCO)[C@@H](CCCCO)C=C(C(=NOCC)C[C@@H]1N(CCC)C(=O)OCCOCc1ccccc1)[C@H]32. The van der Waals surface area contributed by atoms with Gasteiger partial charge in [-0.25, -0.2) is 9.59 Å². The van der Waals surface area contributed by atoms with Gasteiger partial charge in [0, 0.05) is 44.2 Å². The van der Waals surface area contributed by atoms with Crippen LogP contribution in [0.15, 0.2) is 78.0 Å². The topological polar surface area (TPSA) is 158 Å².